The van der Waals surface area contributed by atoms with Gasteiger partial charge in [-0.15, -0.1) is 11.3 Å². The van der Waals surface area contributed by atoms with E-state index in [0.717, 1.165) is 18.5 Å². The van der Waals surface area contributed by atoms with E-state index in [2.05, 4.69) is 27.3 Å². The van der Waals surface area contributed by atoms with Crippen LogP contribution in [0.4, 0.5) is 15.6 Å². The predicted molar refractivity (Wildman–Crippen MR) is 95.5 cm³/mol. The highest BCUT2D eigenvalue weighted by Gasteiger charge is 2.10. The molecule has 0 radical (unpaired) electrons. The number of nitrogens with zero attached hydrogens (tertiary/aromatic N) is 1. The zero-order valence-electron chi connectivity index (χ0n) is 13.8. The number of aryl methyl sites for hydroxylation is 1. The van der Waals surface area contributed by atoms with E-state index in [1.165, 1.54) is 30.4 Å². The molecule has 0 aliphatic rings. The van der Waals surface area contributed by atoms with E-state index in [4.69, 9.17) is 0 Å². The number of nitrogens with one attached hydrogen (secondary N) is 2. The molecular weight excluding hydrogens is 326 g/mol. The lowest BCUT2D eigenvalue weighted by Crippen LogP contribution is -2.15. The van der Waals surface area contributed by atoms with E-state index < -0.39 is 6.09 Å². The number of hydrogen-bond donors (Lipinski definition) is 2. The van der Waals surface area contributed by atoms with E-state index >= 15 is 0 Å². The minimum Gasteiger partial charge on any atom is -0.453 e. The normalized spacial score (nSPS) is 10.2. The third-order valence-electron chi connectivity index (χ3n) is 3.34. The van der Waals surface area contributed by atoms with Crippen LogP contribution in [0.25, 0.3) is 0 Å². The minimum atomic E-state index is -0.580. The summed E-state index contributed by atoms with van der Waals surface area (Å²) in [6.07, 6.45) is 2.95. The molecule has 1 aromatic carbocycles. The molecule has 0 fully saturated rings. The number of benzene rings is 1. The molecule has 24 heavy (non-hydrogen) atoms. The van der Waals surface area contributed by atoms with Crippen LogP contribution in [0, 0.1) is 0 Å². The molecule has 0 unspecified atom stereocenters. The molecular formula is C17H21N3O3S. The van der Waals surface area contributed by atoms with Crippen molar-refractivity contribution in [1.82, 2.24) is 4.98 Å². The lowest BCUT2D eigenvalue weighted by molar-refractivity contribution is -0.115. The summed E-state index contributed by atoms with van der Waals surface area (Å²) in [6, 6.07) is 7.89. The van der Waals surface area contributed by atoms with Gasteiger partial charge in [-0.1, -0.05) is 25.5 Å². The Morgan fingerprint density at radius 2 is 1.96 bits per heavy atom. The molecule has 1 aromatic heterocycles. The van der Waals surface area contributed by atoms with Crippen LogP contribution in [0.1, 0.15) is 31.0 Å². The lowest BCUT2D eigenvalue weighted by Gasteiger charge is -2.06. The third-order valence-corrected chi connectivity index (χ3v) is 4.15. The Labute approximate surface area is 145 Å². The number of aromatic nitrogens is 1. The van der Waals surface area contributed by atoms with Gasteiger partial charge < -0.3 is 10.1 Å². The van der Waals surface area contributed by atoms with E-state index in [1.54, 1.807) is 5.38 Å². The molecule has 0 bridgehead atoms. The van der Waals surface area contributed by atoms with E-state index in [9.17, 15) is 9.59 Å². The Bertz CT molecular complexity index is 683. The molecule has 2 rings (SSSR count). The van der Waals surface area contributed by atoms with Crippen LogP contribution in [0.3, 0.4) is 0 Å². The summed E-state index contributed by atoms with van der Waals surface area (Å²) in [5, 5.41) is 7.46. The van der Waals surface area contributed by atoms with Crippen LogP contribution in [-0.2, 0) is 22.4 Å². The molecule has 0 saturated heterocycles. The fourth-order valence-corrected chi connectivity index (χ4v) is 2.79. The van der Waals surface area contributed by atoms with Gasteiger partial charge in [0.1, 0.15) is 0 Å². The summed E-state index contributed by atoms with van der Waals surface area (Å²) >= 11 is 1.25. The van der Waals surface area contributed by atoms with Gasteiger partial charge in [-0.2, -0.15) is 0 Å². The quantitative estimate of drug-likeness (QED) is 0.797. The molecule has 0 aliphatic heterocycles. The molecule has 2 amide bonds. The van der Waals surface area contributed by atoms with Gasteiger partial charge in [0.25, 0.3) is 0 Å². The summed E-state index contributed by atoms with van der Waals surface area (Å²) < 4.78 is 4.49. The SMILES string of the molecule is CCCCc1ccc(NC(=O)Cc2csc(NC(=O)OC)n2)cc1. The van der Waals surface area contributed by atoms with Crippen LogP contribution >= 0.6 is 11.3 Å². The van der Waals surface area contributed by atoms with E-state index in [1.807, 2.05) is 24.3 Å². The second kappa shape index (κ2) is 9.02. The number of unbranched alkanes of at least 4 members (excludes halogenated alkanes) is 1. The summed E-state index contributed by atoms with van der Waals surface area (Å²) in [4.78, 5) is 27.3. The molecule has 0 atom stereocenters. The number of hydrogen-bond acceptors (Lipinski definition) is 5. The molecule has 128 valence electrons. The summed E-state index contributed by atoms with van der Waals surface area (Å²) in [7, 11) is 1.28. The molecule has 0 aliphatic carbocycles. The highest BCUT2D eigenvalue weighted by molar-refractivity contribution is 7.13. The smallest absolute Gasteiger partial charge is 0.413 e. The van der Waals surface area contributed by atoms with Crippen molar-refractivity contribution in [2.45, 2.75) is 32.6 Å². The molecule has 7 heteroatoms. The second-order valence-electron chi connectivity index (χ2n) is 5.29. The number of anilines is 2. The van der Waals surface area contributed by atoms with Crippen molar-refractivity contribution in [3.8, 4) is 0 Å². The number of amides is 2. The van der Waals surface area contributed by atoms with Crippen molar-refractivity contribution in [3.63, 3.8) is 0 Å². The standard InChI is InChI=1S/C17H21N3O3S/c1-3-4-5-12-6-8-13(9-7-12)18-15(21)10-14-11-24-16(19-14)20-17(22)23-2/h6-9,11H,3-5,10H2,1-2H3,(H,18,21)(H,19,20,22). The molecule has 2 N–H and O–H groups in total. The van der Waals surface area contributed by atoms with Gasteiger partial charge in [-0.05, 0) is 30.5 Å². The Hall–Kier alpha value is -2.41. The Morgan fingerprint density at radius 3 is 2.62 bits per heavy atom. The summed E-state index contributed by atoms with van der Waals surface area (Å²) in [6.45, 7) is 2.17. The van der Waals surface area contributed by atoms with E-state index in [-0.39, 0.29) is 12.3 Å². The Kier molecular flexibility index (Phi) is 6.74. The Morgan fingerprint density at radius 1 is 1.21 bits per heavy atom. The number of ether oxygens (including phenoxy) is 1. The number of thiazole rings is 1. The maximum atomic E-state index is 12.1. The number of carbonyl (C=O) groups is 2. The van der Waals surface area contributed by atoms with Crippen LogP contribution in [0.15, 0.2) is 29.6 Å². The first-order valence-corrected chi connectivity index (χ1v) is 8.67. The summed E-state index contributed by atoms with van der Waals surface area (Å²) in [5.41, 5.74) is 2.64. The minimum absolute atomic E-state index is 0.147. The first-order chi connectivity index (χ1) is 11.6. The fraction of sp³-hybridized carbons (Fsp3) is 0.353. The van der Waals surface area contributed by atoms with Gasteiger partial charge in [0, 0.05) is 11.1 Å². The second-order valence-corrected chi connectivity index (χ2v) is 6.14. The van der Waals surface area contributed by atoms with Crippen LogP contribution in [-0.4, -0.2) is 24.1 Å². The average molecular weight is 347 g/mol. The van der Waals surface area contributed by atoms with Crippen molar-refractivity contribution >= 4 is 34.2 Å². The number of rotatable bonds is 7. The molecule has 1 heterocycles. The van der Waals surface area contributed by atoms with Crippen LogP contribution in [0.5, 0.6) is 0 Å². The van der Waals surface area contributed by atoms with Crippen molar-refractivity contribution in [3.05, 3.63) is 40.9 Å². The summed E-state index contributed by atoms with van der Waals surface area (Å²) in [5.74, 6) is -0.147. The van der Waals surface area contributed by atoms with Crippen LogP contribution in [0.2, 0.25) is 0 Å². The van der Waals surface area contributed by atoms with E-state index in [0.29, 0.717) is 10.8 Å². The first kappa shape index (κ1) is 17.9. The average Bonchev–Trinajstić information content (AvgIpc) is 3.00. The van der Waals surface area contributed by atoms with Gasteiger partial charge in [-0.25, -0.2) is 9.78 Å². The maximum Gasteiger partial charge on any atom is 0.413 e. The van der Waals surface area contributed by atoms with Gasteiger partial charge in [-0.3, -0.25) is 10.1 Å². The molecule has 2 aromatic rings. The Balaban J connectivity index is 1.85. The van der Waals surface area contributed by atoms with Gasteiger partial charge in [0.05, 0.1) is 19.2 Å². The number of methoxy groups -OCH3 is 1. The number of carbonyl (C=O) groups excluding carboxylic acids is 2. The van der Waals surface area contributed by atoms with Crippen molar-refractivity contribution < 1.29 is 14.3 Å². The fourth-order valence-electron chi connectivity index (χ4n) is 2.09. The molecule has 0 saturated carbocycles. The first-order valence-electron chi connectivity index (χ1n) is 7.79. The van der Waals surface area contributed by atoms with Crippen molar-refractivity contribution in [2.75, 3.05) is 17.7 Å². The zero-order chi connectivity index (χ0) is 17.4. The van der Waals surface area contributed by atoms with Crippen molar-refractivity contribution in [2.24, 2.45) is 0 Å². The highest BCUT2D eigenvalue weighted by Crippen LogP contribution is 2.17. The molecule has 6 nitrogen and oxygen atoms in total. The molecule has 0 spiro atoms. The zero-order valence-corrected chi connectivity index (χ0v) is 14.6. The van der Waals surface area contributed by atoms with Gasteiger partial charge >= 0.3 is 6.09 Å². The van der Waals surface area contributed by atoms with Crippen LogP contribution < -0.4 is 10.6 Å². The topological polar surface area (TPSA) is 80.3 Å². The van der Waals surface area contributed by atoms with Gasteiger partial charge in [0.15, 0.2) is 5.13 Å². The van der Waals surface area contributed by atoms with Gasteiger partial charge in [0.2, 0.25) is 5.91 Å². The monoisotopic (exact) mass is 347 g/mol. The third kappa shape index (κ3) is 5.66. The lowest BCUT2D eigenvalue weighted by atomic mass is 10.1. The predicted octanol–water partition coefficient (Wildman–Crippen LogP) is 3.85. The maximum absolute atomic E-state index is 12.1. The van der Waals surface area contributed by atoms with Crippen molar-refractivity contribution in [1.29, 1.82) is 0 Å². The largest absolute Gasteiger partial charge is 0.453 e. The highest BCUT2D eigenvalue weighted by atomic mass is 32.1.